The highest BCUT2D eigenvalue weighted by molar-refractivity contribution is 7.99. The Morgan fingerprint density at radius 2 is 2.23 bits per heavy atom. The fourth-order valence-corrected chi connectivity index (χ4v) is 2.87. The van der Waals surface area contributed by atoms with Crippen LogP contribution in [0.4, 0.5) is 18.9 Å². The molecule has 1 aromatic rings. The van der Waals surface area contributed by atoms with Crippen LogP contribution in [0.2, 0.25) is 0 Å². The molecule has 0 spiro atoms. The van der Waals surface area contributed by atoms with E-state index in [-0.39, 0.29) is 35.5 Å². The van der Waals surface area contributed by atoms with Gasteiger partial charge in [-0.05, 0) is 31.2 Å². The Balaban J connectivity index is 2.63. The standard InChI is InChI=1S/C16H20ClF3N4OS/c1-2-24(14(25)6-4-8-26-11-16(18,19)20)13(15(17)21)10-23-12-5-3-7-22-9-12/h3,5,7,9-10,21,23H,2,4,6,8,11H2,1H3/b13-10+,21-15?. The summed E-state index contributed by atoms with van der Waals surface area (Å²) < 4.78 is 36.3. The summed E-state index contributed by atoms with van der Waals surface area (Å²) in [6.07, 6.45) is 0.806. The molecule has 0 unspecified atom stereocenters. The summed E-state index contributed by atoms with van der Waals surface area (Å²) in [5.74, 6) is -0.996. The summed E-state index contributed by atoms with van der Waals surface area (Å²) in [5.41, 5.74) is 0.848. The van der Waals surface area contributed by atoms with Gasteiger partial charge in [0.1, 0.15) is 5.17 Å². The normalized spacial score (nSPS) is 12.0. The van der Waals surface area contributed by atoms with Gasteiger partial charge in [0.05, 0.1) is 23.3 Å². The maximum absolute atomic E-state index is 12.3. The van der Waals surface area contributed by atoms with Crippen molar-refractivity contribution in [2.75, 3.05) is 23.4 Å². The Labute approximate surface area is 159 Å². The lowest BCUT2D eigenvalue weighted by Crippen LogP contribution is -2.32. The summed E-state index contributed by atoms with van der Waals surface area (Å²) in [6.45, 7) is 2.01. The number of rotatable bonds is 10. The van der Waals surface area contributed by atoms with Gasteiger partial charge >= 0.3 is 6.18 Å². The van der Waals surface area contributed by atoms with Gasteiger partial charge in [-0.25, -0.2) is 0 Å². The van der Waals surface area contributed by atoms with E-state index < -0.39 is 11.9 Å². The second-order valence-electron chi connectivity index (χ2n) is 5.14. The molecule has 1 amide bonds. The van der Waals surface area contributed by atoms with Gasteiger partial charge in [0.2, 0.25) is 5.91 Å². The van der Waals surface area contributed by atoms with Gasteiger partial charge in [-0.1, -0.05) is 11.6 Å². The molecule has 0 radical (unpaired) electrons. The summed E-state index contributed by atoms with van der Waals surface area (Å²) >= 11 is 6.54. The van der Waals surface area contributed by atoms with Crippen LogP contribution in [-0.4, -0.2) is 45.2 Å². The van der Waals surface area contributed by atoms with E-state index in [1.807, 2.05) is 0 Å². The number of hydrogen-bond donors (Lipinski definition) is 2. The second kappa shape index (κ2) is 11.1. The van der Waals surface area contributed by atoms with Crippen LogP contribution in [0.15, 0.2) is 36.4 Å². The molecule has 0 aliphatic rings. The van der Waals surface area contributed by atoms with Crippen LogP contribution in [-0.2, 0) is 4.79 Å². The molecule has 1 rings (SSSR count). The lowest BCUT2D eigenvalue weighted by Gasteiger charge is -2.23. The van der Waals surface area contributed by atoms with Crippen molar-refractivity contribution in [2.24, 2.45) is 0 Å². The van der Waals surface area contributed by atoms with Crippen LogP contribution in [0.5, 0.6) is 0 Å². The van der Waals surface area contributed by atoms with Crippen LogP contribution in [0, 0.1) is 5.41 Å². The SMILES string of the molecule is CCN(C(=O)CCCSCC(F)(F)F)/C(=C/Nc1cccnc1)C(=N)Cl. The van der Waals surface area contributed by atoms with Gasteiger partial charge in [0, 0.05) is 25.4 Å². The Morgan fingerprint density at radius 3 is 2.77 bits per heavy atom. The molecule has 5 nitrogen and oxygen atoms in total. The van der Waals surface area contributed by atoms with E-state index in [0.717, 1.165) is 11.8 Å². The maximum atomic E-state index is 12.3. The van der Waals surface area contributed by atoms with Crippen molar-refractivity contribution in [2.45, 2.75) is 25.9 Å². The first kappa shape index (κ1) is 22.3. The highest BCUT2D eigenvalue weighted by atomic mass is 35.5. The maximum Gasteiger partial charge on any atom is 0.397 e. The molecule has 0 atom stereocenters. The van der Waals surface area contributed by atoms with Gasteiger partial charge in [-0.15, -0.1) is 0 Å². The van der Waals surface area contributed by atoms with Crippen LogP contribution in [0.25, 0.3) is 0 Å². The molecule has 144 valence electrons. The third kappa shape index (κ3) is 8.57. The van der Waals surface area contributed by atoms with Gasteiger partial charge in [-0.3, -0.25) is 15.2 Å². The second-order valence-corrected chi connectivity index (χ2v) is 6.62. The molecule has 0 saturated heterocycles. The molecule has 0 bridgehead atoms. The highest BCUT2D eigenvalue weighted by Crippen LogP contribution is 2.22. The number of carbonyl (C=O) groups is 1. The molecule has 26 heavy (non-hydrogen) atoms. The molecule has 1 aromatic heterocycles. The molecular formula is C16H20ClF3N4OS. The van der Waals surface area contributed by atoms with E-state index in [9.17, 15) is 18.0 Å². The molecule has 2 N–H and O–H groups in total. The quantitative estimate of drug-likeness (QED) is 0.442. The highest BCUT2D eigenvalue weighted by Gasteiger charge is 2.26. The van der Waals surface area contributed by atoms with Crippen LogP contribution < -0.4 is 5.32 Å². The van der Waals surface area contributed by atoms with Crippen molar-refractivity contribution in [1.29, 1.82) is 5.41 Å². The van der Waals surface area contributed by atoms with Crippen molar-refractivity contribution in [1.82, 2.24) is 9.88 Å². The Bertz CT molecular complexity index is 626. The fourth-order valence-electron chi connectivity index (χ4n) is 1.99. The van der Waals surface area contributed by atoms with Crippen molar-refractivity contribution in [3.05, 3.63) is 36.4 Å². The van der Waals surface area contributed by atoms with E-state index in [1.165, 1.54) is 11.1 Å². The molecule has 0 fully saturated rings. The van der Waals surface area contributed by atoms with Gasteiger partial charge in [0.15, 0.2) is 0 Å². The monoisotopic (exact) mass is 408 g/mol. The zero-order chi connectivity index (χ0) is 19.6. The zero-order valence-corrected chi connectivity index (χ0v) is 15.7. The van der Waals surface area contributed by atoms with Gasteiger partial charge in [-0.2, -0.15) is 24.9 Å². The lowest BCUT2D eigenvalue weighted by atomic mass is 10.2. The Hall–Kier alpha value is -1.74. The van der Waals surface area contributed by atoms with Gasteiger partial charge in [0.25, 0.3) is 0 Å². The first-order chi connectivity index (χ1) is 12.2. The van der Waals surface area contributed by atoms with E-state index >= 15 is 0 Å². The third-order valence-corrected chi connectivity index (χ3v) is 4.42. The summed E-state index contributed by atoms with van der Waals surface area (Å²) in [5, 5.41) is 10.3. The fraction of sp³-hybridized carbons (Fsp3) is 0.438. The summed E-state index contributed by atoms with van der Waals surface area (Å²) in [6, 6.07) is 3.48. The average molecular weight is 409 g/mol. The smallest absolute Gasteiger partial charge is 0.358 e. The number of aromatic nitrogens is 1. The number of carbonyl (C=O) groups excluding carboxylic acids is 1. The van der Waals surface area contributed by atoms with Crippen LogP contribution >= 0.6 is 23.4 Å². The van der Waals surface area contributed by atoms with Crippen molar-refractivity contribution < 1.29 is 18.0 Å². The number of nitrogens with zero attached hydrogens (tertiary/aromatic N) is 2. The van der Waals surface area contributed by atoms with Crippen molar-refractivity contribution in [3.8, 4) is 0 Å². The minimum absolute atomic E-state index is 0.0765. The van der Waals surface area contributed by atoms with Crippen LogP contribution in [0.1, 0.15) is 19.8 Å². The number of thioether (sulfide) groups is 1. The lowest BCUT2D eigenvalue weighted by molar-refractivity contribution is -0.128. The van der Waals surface area contributed by atoms with E-state index in [4.69, 9.17) is 17.0 Å². The minimum Gasteiger partial charge on any atom is -0.358 e. The van der Waals surface area contributed by atoms with E-state index in [1.54, 1.807) is 31.5 Å². The molecule has 0 saturated carbocycles. The molecular weight excluding hydrogens is 389 g/mol. The first-order valence-electron chi connectivity index (χ1n) is 7.80. The third-order valence-electron chi connectivity index (χ3n) is 3.12. The molecule has 0 aliphatic carbocycles. The molecule has 0 aromatic carbocycles. The first-order valence-corrected chi connectivity index (χ1v) is 9.34. The number of amides is 1. The zero-order valence-electron chi connectivity index (χ0n) is 14.1. The Kier molecular flexibility index (Phi) is 9.50. The summed E-state index contributed by atoms with van der Waals surface area (Å²) in [4.78, 5) is 17.6. The number of nitrogens with one attached hydrogen (secondary N) is 2. The number of allylic oxidation sites excluding steroid dienone is 1. The van der Waals surface area contributed by atoms with Gasteiger partial charge < -0.3 is 10.2 Å². The van der Waals surface area contributed by atoms with E-state index in [0.29, 0.717) is 12.1 Å². The largest absolute Gasteiger partial charge is 0.397 e. The number of hydrogen-bond acceptors (Lipinski definition) is 5. The Morgan fingerprint density at radius 1 is 1.50 bits per heavy atom. The number of pyridine rings is 1. The molecule has 10 heteroatoms. The molecule has 1 heterocycles. The number of alkyl halides is 3. The average Bonchev–Trinajstić information content (AvgIpc) is 2.57. The van der Waals surface area contributed by atoms with Crippen molar-refractivity contribution >= 4 is 40.1 Å². The predicted octanol–water partition coefficient (Wildman–Crippen LogP) is 4.48. The summed E-state index contributed by atoms with van der Waals surface area (Å²) in [7, 11) is 0. The molecule has 0 aliphatic heterocycles. The minimum atomic E-state index is -4.20. The number of halogens is 4. The van der Waals surface area contributed by atoms with E-state index in [2.05, 4.69) is 10.3 Å². The van der Waals surface area contributed by atoms with Crippen molar-refractivity contribution in [3.63, 3.8) is 0 Å². The predicted molar refractivity (Wildman–Crippen MR) is 99.5 cm³/mol. The van der Waals surface area contributed by atoms with Crippen LogP contribution in [0.3, 0.4) is 0 Å². The topological polar surface area (TPSA) is 69.1 Å². The number of anilines is 1.